The van der Waals surface area contributed by atoms with Crippen molar-refractivity contribution in [3.05, 3.63) is 18.2 Å². The van der Waals surface area contributed by atoms with Crippen LogP contribution in [0.5, 0.6) is 0 Å². The summed E-state index contributed by atoms with van der Waals surface area (Å²) in [4.78, 5) is 15.5. The number of hydrogen-bond acceptors (Lipinski definition) is 6. The number of nitrogens with zero attached hydrogens (tertiary/aromatic N) is 5. The van der Waals surface area contributed by atoms with E-state index in [9.17, 15) is 13.2 Å². The van der Waals surface area contributed by atoms with E-state index in [-0.39, 0.29) is 29.3 Å². The molecule has 1 aromatic heterocycles. The maximum atomic E-state index is 13.3. The molecule has 0 aliphatic carbocycles. The molecule has 0 bridgehead atoms. The Hall–Kier alpha value is -2.04. The van der Waals surface area contributed by atoms with Gasteiger partial charge < -0.3 is 10.2 Å². The molecule has 3 heterocycles. The van der Waals surface area contributed by atoms with Crippen LogP contribution in [0.15, 0.2) is 23.1 Å². The van der Waals surface area contributed by atoms with Crippen molar-refractivity contribution in [1.82, 2.24) is 29.5 Å². The summed E-state index contributed by atoms with van der Waals surface area (Å²) in [7, 11) is -3.70. The lowest BCUT2D eigenvalue weighted by Gasteiger charge is -2.31. The Balaban J connectivity index is 1.33. The van der Waals surface area contributed by atoms with Crippen molar-refractivity contribution in [1.29, 1.82) is 0 Å². The fourth-order valence-corrected chi connectivity index (χ4v) is 6.55. The third-order valence-electron chi connectivity index (χ3n) is 6.97. The number of nitrogens with one attached hydrogen (secondary N) is 1. The molecule has 10 heteroatoms. The number of fused-ring (bicyclic) bond motifs is 1. The number of benzene rings is 1. The lowest BCUT2D eigenvalue weighted by atomic mass is 9.99. The molecule has 34 heavy (non-hydrogen) atoms. The van der Waals surface area contributed by atoms with Crippen molar-refractivity contribution in [2.75, 3.05) is 39.3 Å². The first-order chi connectivity index (χ1) is 16.4. The minimum Gasteiger partial charge on any atom is -0.356 e. The molecule has 0 saturated carbocycles. The van der Waals surface area contributed by atoms with Crippen molar-refractivity contribution in [3.8, 4) is 0 Å². The Morgan fingerprint density at radius 3 is 2.62 bits per heavy atom. The molecule has 4 rings (SSSR count). The average Bonchev–Trinajstić information content (AvgIpc) is 3.09. The van der Waals surface area contributed by atoms with Gasteiger partial charge in [0.2, 0.25) is 15.9 Å². The van der Waals surface area contributed by atoms with Crippen LogP contribution in [-0.2, 0) is 14.8 Å². The molecule has 2 aromatic rings. The molecule has 1 amide bonds. The van der Waals surface area contributed by atoms with Crippen LogP contribution < -0.4 is 5.32 Å². The Labute approximate surface area is 202 Å². The predicted octanol–water partition coefficient (Wildman–Crippen LogP) is 2.80. The second-order valence-electron chi connectivity index (χ2n) is 9.88. The van der Waals surface area contributed by atoms with Gasteiger partial charge in [-0.15, -0.1) is 5.10 Å². The number of rotatable bonds is 8. The van der Waals surface area contributed by atoms with E-state index in [0.717, 1.165) is 31.6 Å². The summed E-state index contributed by atoms with van der Waals surface area (Å²) in [5.41, 5.74) is 1.37. The number of carbonyl (C=O) groups excluding carboxylic acids is 1. The topological polar surface area (TPSA) is 100 Å². The van der Waals surface area contributed by atoms with Crippen LogP contribution in [0.25, 0.3) is 11.0 Å². The normalized spacial score (nSPS) is 21.1. The zero-order valence-electron chi connectivity index (χ0n) is 20.4. The van der Waals surface area contributed by atoms with Crippen molar-refractivity contribution in [3.63, 3.8) is 0 Å². The van der Waals surface area contributed by atoms with Gasteiger partial charge in [-0.2, -0.15) is 4.31 Å². The molecular weight excluding hydrogens is 452 g/mol. The quantitative estimate of drug-likeness (QED) is 0.571. The monoisotopic (exact) mass is 490 g/mol. The van der Waals surface area contributed by atoms with Crippen molar-refractivity contribution in [2.24, 2.45) is 5.92 Å². The third kappa shape index (κ3) is 5.78. The molecule has 2 saturated heterocycles. The first-order valence-corrected chi connectivity index (χ1v) is 14.2. The van der Waals surface area contributed by atoms with E-state index in [4.69, 9.17) is 0 Å². The molecule has 2 fully saturated rings. The maximum absolute atomic E-state index is 13.3. The Morgan fingerprint density at radius 1 is 1.12 bits per heavy atom. The highest BCUT2D eigenvalue weighted by Crippen LogP contribution is 2.26. The Bertz CT molecular complexity index is 1080. The van der Waals surface area contributed by atoms with Gasteiger partial charge in [-0.05, 0) is 83.8 Å². The number of aromatic nitrogens is 3. The van der Waals surface area contributed by atoms with Crippen LogP contribution in [-0.4, -0.2) is 77.8 Å². The molecule has 2 aliphatic heterocycles. The molecular formula is C24H38N6O3S. The number of piperidine rings is 1. The van der Waals surface area contributed by atoms with E-state index in [0.29, 0.717) is 31.4 Å². The molecule has 1 aromatic carbocycles. The molecule has 0 spiro atoms. The summed E-state index contributed by atoms with van der Waals surface area (Å²) >= 11 is 0. The van der Waals surface area contributed by atoms with Crippen LogP contribution in [0.3, 0.4) is 0 Å². The minimum absolute atomic E-state index is 0.0360. The predicted molar refractivity (Wildman–Crippen MR) is 132 cm³/mol. The first-order valence-electron chi connectivity index (χ1n) is 12.7. The fraction of sp³-hybridized carbons (Fsp3) is 0.708. The smallest absolute Gasteiger partial charge is 0.243 e. The minimum atomic E-state index is -3.70. The summed E-state index contributed by atoms with van der Waals surface area (Å²) in [6, 6.07) is 5.11. The molecule has 2 aliphatic rings. The molecule has 1 atom stereocenters. The SMILES string of the molecule is CC(C)n1nnc2cc(S(=O)(=O)N3CCC[C@@H](C(=O)NCCCN4CCCCCC4)C3)ccc21. The van der Waals surface area contributed by atoms with E-state index in [1.165, 1.54) is 30.0 Å². The number of likely N-dealkylation sites (tertiary alicyclic amines) is 1. The highest BCUT2D eigenvalue weighted by molar-refractivity contribution is 7.89. The Morgan fingerprint density at radius 2 is 1.88 bits per heavy atom. The zero-order chi connectivity index (χ0) is 24.1. The second kappa shape index (κ2) is 11.1. The Kier molecular flexibility index (Phi) is 8.21. The van der Waals surface area contributed by atoms with E-state index < -0.39 is 10.0 Å². The van der Waals surface area contributed by atoms with Gasteiger partial charge in [0.25, 0.3) is 0 Å². The number of amides is 1. The lowest BCUT2D eigenvalue weighted by molar-refractivity contribution is -0.126. The molecule has 9 nitrogen and oxygen atoms in total. The first kappa shape index (κ1) is 25.1. The van der Waals surface area contributed by atoms with E-state index in [2.05, 4.69) is 20.5 Å². The van der Waals surface area contributed by atoms with E-state index in [1.54, 1.807) is 22.9 Å². The van der Waals surface area contributed by atoms with Gasteiger partial charge in [0.1, 0.15) is 5.52 Å². The van der Waals surface area contributed by atoms with Crippen molar-refractivity contribution < 1.29 is 13.2 Å². The summed E-state index contributed by atoms with van der Waals surface area (Å²) in [5.74, 6) is -0.349. The zero-order valence-corrected chi connectivity index (χ0v) is 21.3. The van der Waals surface area contributed by atoms with Crippen LogP contribution in [0, 0.1) is 5.92 Å². The average molecular weight is 491 g/mol. The lowest BCUT2D eigenvalue weighted by Crippen LogP contribution is -2.45. The third-order valence-corrected chi connectivity index (χ3v) is 8.83. The van der Waals surface area contributed by atoms with Crippen LogP contribution in [0.4, 0.5) is 0 Å². The maximum Gasteiger partial charge on any atom is 0.243 e. The molecule has 188 valence electrons. The highest BCUT2D eigenvalue weighted by Gasteiger charge is 2.33. The summed E-state index contributed by atoms with van der Waals surface area (Å²) in [6.45, 7) is 8.62. The molecule has 1 N–H and O–H groups in total. The summed E-state index contributed by atoms with van der Waals surface area (Å²) in [5, 5.41) is 11.3. The van der Waals surface area contributed by atoms with Gasteiger partial charge in [0.15, 0.2) is 0 Å². The van der Waals surface area contributed by atoms with Gasteiger partial charge in [-0.25, -0.2) is 13.1 Å². The van der Waals surface area contributed by atoms with E-state index >= 15 is 0 Å². The van der Waals surface area contributed by atoms with Gasteiger partial charge in [0, 0.05) is 25.7 Å². The number of sulfonamides is 1. The number of hydrogen-bond donors (Lipinski definition) is 1. The van der Waals surface area contributed by atoms with Crippen molar-refractivity contribution >= 4 is 27.0 Å². The number of carbonyl (C=O) groups is 1. The van der Waals surface area contributed by atoms with Gasteiger partial charge >= 0.3 is 0 Å². The van der Waals surface area contributed by atoms with Crippen LogP contribution in [0.2, 0.25) is 0 Å². The van der Waals surface area contributed by atoms with Crippen LogP contribution in [0.1, 0.15) is 64.8 Å². The van der Waals surface area contributed by atoms with Gasteiger partial charge in [-0.3, -0.25) is 4.79 Å². The largest absolute Gasteiger partial charge is 0.356 e. The van der Waals surface area contributed by atoms with Crippen molar-refractivity contribution in [2.45, 2.75) is 69.7 Å². The van der Waals surface area contributed by atoms with Gasteiger partial charge in [-0.1, -0.05) is 18.1 Å². The summed E-state index contributed by atoms with van der Waals surface area (Å²) < 4.78 is 29.9. The molecule has 0 unspecified atom stereocenters. The molecule has 0 radical (unpaired) electrons. The highest BCUT2D eigenvalue weighted by atomic mass is 32.2. The second-order valence-corrected chi connectivity index (χ2v) is 11.8. The van der Waals surface area contributed by atoms with E-state index in [1.807, 2.05) is 13.8 Å². The fourth-order valence-electron chi connectivity index (χ4n) is 5.01. The van der Waals surface area contributed by atoms with Crippen LogP contribution >= 0.6 is 0 Å². The summed E-state index contributed by atoms with van der Waals surface area (Å²) in [6.07, 6.45) is 7.49. The van der Waals surface area contributed by atoms with Gasteiger partial charge in [0.05, 0.1) is 16.3 Å². The standard InChI is InChI=1S/C24H38N6O3S/c1-19(2)30-23-11-10-21(17-22(23)26-27-30)34(32,33)29-16-7-9-20(18-29)24(31)25-12-8-15-28-13-5-3-4-6-14-28/h10-11,17,19-20H,3-9,12-16,18H2,1-2H3,(H,25,31)/t20-/m1/s1.